The predicted octanol–water partition coefficient (Wildman–Crippen LogP) is 2.84. The average Bonchev–Trinajstić information content (AvgIpc) is 2.90. The molecule has 2 aromatic rings. The molecule has 1 aliphatic rings. The fourth-order valence-electron chi connectivity index (χ4n) is 3.06. The van der Waals surface area contributed by atoms with Crippen molar-refractivity contribution in [3.8, 4) is 0 Å². The lowest BCUT2D eigenvalue weighted by molar-refractivity contribution is 0.0986. The van der Waals surface area contributed by atoms with Crippen LogP contribution in [0.4, 0.5) is 11.5 Å². The fourth-order valence-corrected chi connectivity index (χ4v) is 3.68. The monoisotopic (exact) mass is 365 g/mol. The van der Waals surface area contributed by atoms with Crippen molar-refractivity contribution in [1.29, 1.82) is 0 Å². The summed E-state index contributed by atoms with van der Waals surface area (Å²) >= 11 is 0. The third-order valence-corrected chi connectivity index (χ3v) is 4.86. The highest BCUT2D eigenvalue weighted by Gasteiger charge is 2.26. The van der Waals surface area contributed by atoms with Crippen LogP contribution in [0.25, 0.3) is 11.0 Å². The second-order valence-electron chi connectivity index (χ2n) is 7.94. The van der Waals surface area contributed by atoms with Crippen molar-refractivity contribution in [1.82, 2.24) is 15.2 Å². The predicted molar refractivity (Wildman–Crippen MR) is 102 cm³/mol. The molecule has 0 aromatic carbocycles. The quantitative estimate of drug-likeness (QED) is 0.885. The Morgan fingerprint density at radius 3 is 2.72 bits per heavy atom. The minimum absolute atomic E-state index is 0.142. The number of anilines is 1. The molecule has 1 N–H and O–H groups in total. The number of nitrogens with zero attached hydrogens (tertiary/aromatic N) is 4. The van der Waals surface area contributed by atoms with Crippen LogP contribution in [-0.4, -0.2) is 57.7 Å². The number of aromatic nitrogens is 3. The Hall–Kier alpha value is -1.67. The maximum absolute atomic E-state index is 12.4. The van der Waals surface area contributed by atoms with Gasteiger partial charge in [0, 0.05) is 40.3 Å². The van der Waals surface area contributed by atoms with E-state index in [0.717, 1.165) is 23.4 Å². The fraction of sp³-hybridized carbons (Fsp3) is 0.647. The molecule has 0 amide bonds. The van der Waals surface area contributed by atoms with Gasteiger partial charge >= 0.3 is 0 Å². The van der Waals surface area contributed by atoms with Gasteiger partial charge in [-0.1, -0.05) is 20.8 Å². The van der Waals surface area contributed by atoms with Crippen LogP contribution in [0.1, 0.15) is 33.4 Å². The molecule has 1 aliphatic heterocycles. The molecule has 3 heterocycles. The summed E-state index contributed by atoms with van der Waals surface area (Å²) in [7, 11) is -2.31. The van der Waals surface area contributed by atoms with Gasteiger partial charge in [-0.05, 0) is 6.92 Å². The van der Waals surface area contributed by atoms with Gasteiger partial charge in [0.1, 0.15) is 5.82 Å². The molecule has 1 saturated heterocycles. The Bertz CT molecular complexity index is 898. The van der Waals surface area contributed by atoms with E-state index >= 15 is 0 Å². The molecular weight excluding hydrogens is 338 g/mol. The maximum atomic E-state index is 12.4. The lowest BCUT2D eigenvalue weighted by atomic mass is 9.90. The first-order valence-electron chi connectivity index (χ1n) is 8.47. The number of hydrogen-bond donors (Lipinski definition) is 1. The molecule has 138 valence electrons. The van der Waals surface area contributed by atoms with Crippen molar-refractivity contribution >= 4 is 32.3 Å². The van der Waals surface area contributed by atoms with Crippen LogP contribution >= 0.6 is 0 Å². The molecule has 3 rings (SSSR count). The summed E-state index contributed by atoms with van der Waals surface area (Å²) in [6, 6.07) is 2.15. The highest BCUT2D eigenvalue weighted by molar-refractivity contribution is 7.92. The Morgan fingerprint density at radius 2 is 2.12 bits per heavy atom. The van der Waals surface area contributed by atoms with E-state index < -0.39 is 9.73 Å². The smallest absolute Gasteiger partial charge is 0.185 e. The summed E-state index contributed by atoms with van der Waals surface area (Å²) in [5.74, 6) is 0.803. The van der Waals surface area contributed by atoms with E-state index in [0.29, 0.717) is 24.5 Å². The summed E-state index contributed by atoms with van der Waals surface area (Å²) in [5, 5.41) is 8.38. The molecule has 25 heavy (non-hydrogen) atoms. The summed E-state index contributed by atoms with van der Waals surface area (Å²) in [6.07, 6.45) is 3.29. The number of fused-ring (bicyclic) bond motifs is 1. The molecule has 0 spiro atoms. The number of rotatable bonds is 2. The van der Waals surface area contributed by atoms with Crippen molar-refractivity contribution in [3.63, 3.8) is 0 Å². The molecular formula is C17H27N5O2S. The third kappa shape index (κ3) is 3.79. The molecule has 2 aromatic heterocycles. The minimum atomic E-state index is -2.31. The highest BCUT2D eigenvalue weighted by Crippen LogP contribution is 2.37. The van der Waals surface area contributed by atoms with E-state index in [4.69, 9.17) is 9.72 Å². The third-order valence-electron chi connectivity index (χ3n) is 4.22. The molecule has 7 nitrogen and oxygen atoms in total. The SMILES string of the molecule is C[C@@H]1COCCN1c1cc(N=S(C)(C)=O)c2c(C(C)(C)C)[nH]nc2n1. The van der Waals surface area contributed by atoms with Gasteiger partial charge in [-0.2, -0.15) is 9.46 Å². The zero-order valence-electron chi connectivity index (χ0n) is 15.8. The molecule has 0 bridgehead atoms. The Morgan fingerprint density at radius 1 is 1.40 bits per heavy atom. The van der Waals surface area contributed by atoms with Gasteiger partial charge in [0.05, 0.1) is 36.0 Å². The van der Waals surface area contributed by atoms with Crippen molar-refractivity contribution in [2.45, 2.75) is 39.2 Å². The van der Waals surface area contributed by atoms with E-state index in [-0.39, 0.29) is 11.5 Å². The summed E-state index contributed by atoms with van der Waals surface area (Å²) in [6.45, 7) is 10.5. The van der Waals surface area contributed by atoms with Crippen molar-refractivity contribution in [2.24, 2.45) is 4.36 Å². The van der Waals surface area contributed by atoms with Gasteiger partial charge < -0.3 is 9.64 Å². The van der Waals surface area contributed by atoms with Crippen LogP contribution in [0.3, 0.4) is 0 Å². The number of hydrogen-bond acceptors (Lipinski definition) is 6. The van der Waals surface area contributed by atoms with Gasteiger partial charge in [0.25, 0.3) is 0 Å². The second-order valence-corrected chi connectivity index (χ2v) is 10.5. The van der Waals surface area contributed by atoms with Crippen molar-refractivity contribution < 1.29 is 8.95 Å². The van der Waals surface area contributed by atoms with Gasteiger partial charge in [-0.25, -0.2) is 9.19 Å². The van der Waals surface area contributed by atoms with E-state index in [1.807, 2.05) is 6.07 Å². The first kappa shape index (κ1) is 18.1. The number of aromatic amines is 1. The average molecular weight is 366 g/mol. The summed E-state index contributed by atoms with van der Waals surface area (Å²) in [4.78, 5) is 6.94. The van der Waals surface area contributed by atoms with Crippen LogP contribution in [0, 0.1) is 0 Å². The van der Waals surface area contributed by atoms with Crippen molar-refractivity contribution in [3.05, 3.63) is 11.8 Å². The molecule has 1 atom stereocenters. The van der Waals surface area contributed by atoms with Crippen LogP contribution in [0.2, 0.25) is 0 Å². The first-order chi connectivity index (χ1) is 11.6. The molecule has 0 radical (unpaired) electrons. The molecule has 8 heteroatoms. The van der Waals surface area contributed by atoms with E-state index in [9.17, 15) is 4.21 Å². The number of H-pyrrole nitrogens is 1. The van der Waals surface area contributed by atoms with Gasteiger partial charge in [-0.3, -0.25) is 5.10 Å². The number of ether oxygens (including phenoxy) is 1. The number of morpholine rings is 1. The first-order valence-corrected chi connectivity index (χ1v) is 10.8. The normalized spacial score (nSPS) is 19.4. The largest absolute Gasteiger partial charge is 0.377 e. The van der Waals surface area contributed by atoms with E-state index in [1.54, 1.807) is 12.5 Å². The van der Waals surface area contributed by atoms with Gasteiger partial charge in [0.2, 0.25) is 0 Å². The van der Waals surface area contributed by atoms with Crippen molar-refractivity contribution in [2.75, 3.05) is 37.2 Å². The summed E-state index contributed by atoms with van der Waals surface area (Å²) < 4.78 is 22.4. The maximum Gasteiger partial charge on any atom is 0.185 e. The number of pyridine rings is 1. The Kier molecular flexibility index (Phi) is 4.53. The molecule has 0 unspecified atom stereocenters. The standard InChI is InChI=1S/C17H27N5O2S/c1-11-10-24-8-7-22(11)13-9-12(21-25(5,6)23)14-15(17(2,3)4)19-20-16(14)18-13/h9,11H,7-8,10H2,1-6H3,(H,18,19,20)/t11-/m1/s1. The zero-order chi connectivity index (χ0) is 18.4. The van der Waals surface area contributed by atoms with Gasteiger partial charge in [0.15, 0.2) is 5.65 Å². The number of nitrogens with one attached hydrogen (secondary N) is 1. The lowest BCUT2D eigenvalue weighted by Gasteiger charge is -2.34. The van der Waals surface area contributed by atoms with Gasteiger partial charge in [-0.15, -0.1) is 0 Å². The van der Waals surface area contributed by atoms with Crippen LogP contribution in [0.15, 0.2) is 10.4 Å². The Labute approximate surface area is 149 Å². The lowest BCUT2D eigenvalue weighted by Crippen LogP contribution is -2.44. The van der Waals surface area contributed by atoms with Crippen LogP contribution in [0.5, 0.6) is 0 Å². The second kappa shape index (κ2) is 6.25. The topological polar surface area (TPSA) is 83.5 Å². The Balaban J connectivity index is 2.25. The molecule has 1 fully saturated rings. The van der Waals surface area contributed by atoms with Crippen LogP contribution < -0.4 is 4.90 Å². The summed E-state index contributed by atoms with van der Waals surface area (Å²) in [5.41, 5.74) is 2.12. The zero-order valence-corrected chi connectivity index (χ0v) is 16.6. The molecule has 0 saturated carbocycles. The molecule has 0 aliphatic carbocycles. The van der Waals surface area contributed by atoms with E-state index in [1.165, 1.54) is 0 Å². The van der Waals surface area contributed by atoms with E-state index in [2.05, 4.69) is 47.2 Å². The highest BCUT2D eigenvalue weighted by atomic mass is 32.2. The minimum Gasteiger partial charge on any atom is -0.377 e. The van der Waals surface area contributed by atoms with Crippen LogP contribution in [-0.2, 0) is 19.9 Å².